The van der Waals surface area contributed by atoms with Gasteiger partial charge in [0.1, 0.15) is 5.75 Å². The molecule has 0 radical (unpaired) electrons. The monoisotopic (exact) mass is 373 g/mol. The van der Waals surface area contributed by atoms with Crippen LogP contribution in [0.1, 0.15) is 44.0 Å². The summed E-state index contributed by atoms with van der Waals surface area (Å²) in [6, 6.07) is 6.17. The molecule has 1 aliphatic carbocycles. The van der Waals surface area contributed by atoms with Crippen molar-refractivity contribution in [2.45, 2.75) is 64.6 Å². The number of aliphatic carboxylic acids is 1. The minimum Gasteiger partial charge on any atom is -0.543 e. The summed E-state index contributed by atoms with van der Waals surface area (Å²) in [5.74, 6) is 0.889. The Hall–Kier alpha value is -2.08. The second-order valence-electron chi connectivity index (χ2n) is 8.51. The Labute approximate surface area is 155 Å². The SMILES string of the molecule is CC(C)(C)[Si](C)(C)Oc1ccc2c(c1)CCc1c(CCC(=O)O)noc1-2. The average Bonchev–Trinajstić information content (AvgIpc) is 2.94. The first-order chi connectivity index (χ1) is 12.1. The summed E-state index contributed by atoms with van der Waals surface area (Å²) in [4.78, 5) is 10.8. The van der Waals surface area contributed by atoms with Gasteiger partial charge in [-0.1, -0.05) is 25.9 Å². The van der Waals surface area contributed by atoms with E-state index in [9.17, 15) is 4.79 Å². The number of aromatic nitrogens is 1. The number of carboxylic acids is 1. The van der Waals surface area contributed by atoms with Gasteiger partial charge in [0.25, 0.3) is 0 Å². The molecule has 2 aromatic rings. The molecular weight excluding hydrogens is 346 g/mol. The van der Waals surface area contributed by atoms with Crippen LogP contribution in [-0.2, 0) is 24.1 Å². The second kappa shape index (κ2) is 6.58. The first kappa shape index (κ1) is 18.7. The standard InChI is InChI=1S/C20H27NO4Si/c1-20(2,3)26(4,5)25-14-7-9-15-13(12-14)6-8-16-17(10-11-18(22)23)21-24-19(15)16/h7,9,12H,6,8,10-11H2,1-5H3,(H,22,23). The highest BCUT2D eigenvalue weighted by atomic mass is 28.4. The summed E-state index contributed by atoms with van der Waals surface area (Å²) in [5, 5.41) is 13.2. The van der Waals surface area contributed by atoms with E-state index in [-0.39, 0.29) is 11.5 Å². The van der Waals surface area contributed by atoms with E-state index >= 15 is 0 Å². The summed E-state index contributed by atoms with van der Waals surface area (Å²) in [6.07, 6.45) is 2.20. The van der Waals surface area contributed by atoms with Gasteiger partial charge in [-0.3, -0.25) is 4.79 Å². The number of carboxylic acid groups (broad SMARTS) is 1. The number of hydrogen-bond donors (Lipinski definition) is 1. The van der Waals surface area contributed by atoms with Gasteiger partial charge in [-0.2, -0.15) is 0 Å². The predicted octanol–water partition coefficient (Wildman–Crippen LogP) is 4.84. The third kappa shape index (κ3) is 3.56. The van der Waals surface area contributed by atoms with E-state index in [1.807, 2.05) is 12.1 Å². The molecule has 0 atom stereocenters. The third-order valence-electron chi connectivity index (χ3n) is 5.59. The molecule has 0 spiro atoms. The molecule has 3 rings (SSSR count). The van der Waals surface area contributed by atoms with Crippen LogP contribution in [0.3, 0.4) is 0 Å². The van der Waals surface area contributed by atoms with E-state index in [0.29, 0.717) is 6.42 Å². The molecule has 0 saturated heterocycles. The lowest BCUT2D eigenvalue weighted by Gasteiger charge is -2.36. The minimum atomic E-state index is -1.87. The number of rotatable bonds is 5. The number of aryl methyl sites for hydroxylation is 2. The average molecular weight is 374 g/mol. The molecule has 0 fully saturated rings. The highest BCUT2D eigenvalue weighted by molar-refractivity contribution is 6.74. The molecule has 1 aromatic carbocycles. The molecule has 0 bridgehead atoms. The summed E-state index contributed by atoms with van der Waals surface area (Å²) < 4.78 is 12.0. The largest absolute Gasteiger partial charge is 0.543 e. The zero-order valence-electron chi connectivity index (χ0n) is 16.2. The lowest BCUT2D eigenvalue weighted by molar-refractivity contribution is -0.136. The molecular formula is C20H27NO4Si. The lowest BCUT2D eigenvalue weighted by Crippen LogP contribution is -2.43. The lowest BCUT2D eigenvalue weighted by atomic mass is 9.89. The van der Waals surface area contributed by atoms with Gasteiger partial charge in [0.2, 0.25) is 8.32 Å². The van der Waals surface area contributed by atoms with Crippen LogP contribution in [0.25, 0.3) is 11.3 Å². The molecule has 1 aliphatic rings. The van der Waals surface area contributed by atoms with Crippen molar-refractivity contribution in [1.82, 2.24) is 5.16 Å². The molecule has 1 aromatic heterocycles. The molecule has 0 saturated carbocycles. The Morgan fingerprint density at radius 1 is 1.31 bits per heavy atom. The first-order valence-electron chi connectivity index (χ1n) is 9.10. The number of hydrogen-bond acceptors (Lipinski definition) is 4. The minimum absolute atomic E-state index is 0.0745. The van der Waals surface area contributed by atoms with E-state index in [1.54, 1.807) is 0 Å². The van der Waals surface area contributed by atoms with Crippen LogP contribution in [0.2, 0.25) is 18.1 Å². The molecule has 0 unspecified atom stereocenters. The molecule has 26 heavy (non-hydrogen) atoms. The fraction of sp³-hybridized carbons (Fsp3) is 0.500. The molecule has 0 aliphatic heterocycles. The van der Waals surface area contributed by atoms with Gasteiger partial charge < -0.3 is 14.1 Å². The molecule has 1 heterocycles. The van der Waals surface area contributed by atoms with Crippen molar-refractivity contribution < 1.29 is 18.9 Å². The van der Waals surface area contributed by atoms with Gasteiger partial charge in [0.15, 0.2) is 5.76 Å². The number of nitrogens with zero attached hydrogens (tertiary/aromatic N) is 1. The highest BCUT2D eigenvalue weighted by Gasteiger charge is 2.39. The zero-order valence-corrected chi connectivity index (χ0v) is 17.2. The second-order valence-corrected chi connectivity index (χ2v) is 13.2. The zero-order chi connectivity index (χ0) is 19.1. The van der Waals surface area contributed by atoms with Crippen LogP contribution in [0.4, 0.5) is 0 Å². The van der Waals surface area contributed by atoms with Crippen LogP contribution >= 0.6 is 0 Å². The van der Waals surface area contributed by atoms with Gasteiger partial charge in [-0.15, -0.1) is 0 Å². The number of carbonyl (C=O) groups is 1. The maximum absolute atomic E-state index is 10.8. The van der Waals surface area contributed by atoms with Crippen molar-refractivity contribution in [3.05, 3.63) is 35.0 Å². The van der Waals surface area contributed by atoms with E-state index in [2.05, 4.69) is 45.1 Å². The van der Waals surface area contributed by atoms with Crippen molar-refractivity contribution in [2.75, 3.05) is 0 Å². The van der Waals surface area contributed by atoms with Gasteiger partial charge in [-0.05, 0) is 54.7 Å². The highest BCUT2D eigenvalue weighted by Crippen LogP contribution is 2.40. The van der Waals surface area contributed by atoms with E-state index in [0.717, 1.165) is 41.2 Å². The maximum atomic E-state index is 10.8. The topological polar surface area (TPSA) is 72.6 Å². The molecule has 0 amide bonds. The normalized spacial score (nSPS) is 13.9. The maximum Gasteiger partial charge on any atom is 0.303 e. The fourth-order valence-electron chi connectivity index (χ4n) is 3.00. The quantitative estimate of drug-likeness (QED) is 0.759. The number of fused-ring (bicyclic) bond motifs is 3. The Kier molecular flexibility index (Phi) is 4.73. The Bertz CT molecular complexity index is 833. The molecule has 1 N–H and O–H groups in total. The van der Waals surface area contributed by atoms with Crippen LogP contribution in [0.5, 0.6) is 5.75 Å². The van der Waals surface area contributed by atoms with Crippen molar-refractivity contribution in [3.8, 4) is 17.1 Å². The molecule has 6 heteroatoms. The fourth-order valence-corrected chi connectivity index (χ4v) is 4.03. The van der Waals surface area contributed by atoms with Crippen molar-refractivity contribution in [1.29, 1.82) is 0 Å². The van der Waals surface area contributed by atoms with Crippen LogP contribution in [0.15, 0.2) is 22.7 Å². The van der Waals surface area contributed by atoms with E-state index < -0.39 is 14.3 Å². The van der Waals surface area contributed by atoms with E-state index in [1.165, 1.54) is 5.56 Å². The summed E-state index contributed by atoms with van der Waals surface area (Å²) >= 11 is 0. The number of benzene rings is 1. The smallest absolute Gasteiger partial charge is 0.303 e. The van der Waals surface area contributed by atoms with Gasteiger partial charge >= 0.3 is 5.97 Å². The Morgan fingerprint density at radius 2 is 2.04 bits per heavy atom. The van der Waals surface area contributed by atoms with Crippen molar-refractivity contribution in [3.63, 3.8) is 0 Å². The van der Waals surface area contributed by atoms with Crippen molar-refractivity contribution >= 4 is 14.3 Å². The predicted molar refractivity (Wildman–Crippen MR) is 103 cm³/mol. The van der Waals surface area contributed by atoms with Crippen LogP contribution < -0.4 is 4.43 Å². The third-order valence-corrected chi connectivity index (χ3v) is 9.95. The summed E-state index contributed by atoms with van der Waals surface area (Å²) in [7, 11) is -1.87. The molecule has 140 valence electrons. The summed E-state index contributed by atoms with van der Waals surface area (Å²) in [6.45, 7) is 11.2. The van der Waals surface area contributed by atoms with Crippen LogP contribution in [-0.4, -0.2) is 24.5 Å². The summed E-state index contributed by atoms with van der Waals surface area (Å²) in [5.41, 5.74) is 4.07. The molecule has 5 nitrogen and oxygen atoms in total. The van der Waals surface area contributed by atoms with Gasteiger partial charge in [-0.25, -0.2) is 0 Å². The first-order valence-corrected chi connectivity index (χ1v) is 12.0. The van der Waals surface area contributed by atoms with Crippen LogP contribution in [0, 0.1) is 0 Å². The van der Waals surface area contributed by atoms with Crippen molar-refractivity contribution in [2.24, 2.45) is 0 Å². The Morgan fingerprint density at radius 3 is 2.69 bits per heavy atom. The van der Waals surface area contributed by atoms with E-state index in [4.69, 9.17) is 14.1 Å². The Balaban J connectivity index is 1.86. The van der Waals surface area contributed by atoms with Gasteiger partial charge in [0.05, 0.1) is 12.1 Å². The van der Waals surface area contributed by atoms with Gasteiger partial charge in [0, 0.05) is 17.5 Å².